The fraction of sp³-hybridized carbons (Fsp3) is 0.550. The predicted molar refractivity (Wildman–Crippen MR) is 120 cm³/mol. The van der Waals surface area contributed by atoms with Crippen molar-refractivity contribution in [3.8, 4) is 0 Å². The number of guanidine groups is 1. The van der Waals surface area contributed by atoms with E-state index in [9.17, 15) is 0 Å². The first kappa shape index (κ1) is 21.0. The summed E-state index contributed by atoms with van der Waals surface area (Å²) >= 11 is 0. The number of rotatable bonds is 4. The number of halogens is 1. The Bertz CT molecular complexity index is 778. The lowest BCUT2D eigenvalue weighted by atomic mass is 10.0. The molecule has 5 nitrogen and oxygen atoms in total. The monoisotopic (exact) mass is 470 g/mol. The Labute approximate surface area is 173 Å². The van der Waals surface area contributed by atoms with E-state index in [1.54, 1.807) is 0 Å². The van der Waals surface area contributed by atoms with Crippen molar-refractivity contribution in [2.75, 3.05) is 33.9 Å². The quantitative estimate of drug-likeness (QED) is 0.407. The van der Waals surface area contributed by atoms with E-state index < -0.39 is 0 Å². The minimum Gasteiger partial charge on any atom is -0.381 e. The average molecular weight is 470 g/mol. The minimum atomic E-state index is 0. The predicted octanol–water partition coefficient (Wildman–Crippen LogP) is 3.75. The van der Waals surface area contributed by atoms with Gasteiger partial charge in [0.25, 0.3) is 0 Å². The number of nitrogens with one attached hydrogen (secondary N) is 2. The van der Waals surface area contributed by atoms with Gasteiger partial charge in [-0.3, -0.25) is 4.99 Å². The highest BCUT2D eigenvalue weighted by Crippen LogP contribution is 2.26. The highest BCUT2D eigenvalue weighted by Gasteiger charge is 2.19. The first-order chi connectivity index (χ1) is 12.0. The van der Waals surface area contributed by atoms with Crippen LogP contribution in [0.5, 0.6) is 0 Å². The third-order valence-electron chi connectivity index (χ3n) is 5.21. The molecule has 1 aromatic heterocycles. The van der Waals surface area contributed by atoms with Gasteiger partial charge in [-0.1, -0.05) is 11.6 Å². The van der Waals surface area contributed by atoms with Crippen molar-refractivity contribution in [3.05, 3.63) is 34.5 Å². The van der Waals surface area contributed by atoms with Gasteiger partial charge in [0.2, 0.25) is 0 Å². The molecule has 0 amide bonds. The summed E-state index contributed by atoms with van der Waals surface area (Å²) in [4.78, 5) is 10.2. The van der Waals surface area contributed by atoms with Crippen LogP contribution < -0.4 is 5.32 Å². The Morgan fingerprint density at radius 3 is 2.77 bits per heavy atom. The van der Waals surface area contributed by atoms with Gasteiger partial charge < -0.3 is 19.9 Å². The largest absolute Gasteiger partial charge is 0.381 e. The number of benzene rings is 1. The second-order valence-corrected chi connectivity index (χ2v) is 7.23. The van der Waals surface area contributed by atoms with Crippen LogP contribution in [0.1, 0.15) is 28.8 Å². The van der Waals surface area contributed by atoms with Gasteiger partial charge >= 0.3 is 0 Å². The van der Waals surface area contributed by atoms with Crippen molar-refractivity contribution < 1.29 is 4.74 Å². The molecular formula is C20H31IN4O. The molecule has 1 atom stereocenters. The third kappa shape index (κ3) is 4.52. The smallest absolute Gasteiger partial charge is 0.193 e. The molecule has 1 fully saturated rings. The second kappa shape index (κ2) is 9.08. The number of aromatic amines is 1. The molecule has 0 saturated carbocycles. The number of aryl methyl sites for hydroxylation is 3. The topological polar surface area (TPSA) is 52.7 Å². The van der Waals surface area contributed by atoms with Gasteiger partial charge in [0.15, 0.2) is 5.96 Å². The Balaban J connectivity index is 0.00000243. The van der Waals surface area contributed by atoms with Crippen LogP contribution in [0.2, 0.25) is 0 Å². The molecule has 2 aromatic rings. The summed E-state index contributed by atoms with van der Waals surface area (Å²) in [6.45, 7) is 9.96. The molecule has 2 heterocycles. The highest BCUT2D eigenvalue weighted by atomic mass is 127. The van der Waals surface area contributed by atoms with Crippen molar-refractivity contribution >= 4 is 40.8 Å². The van der Waals surface area contributed by atoms with E-state index in [4.69, 9.17) is 4.74 Å². The third-order valence-corrected chi connectivity index (χ3v) is 5.21. The molecular weight excluding hydrogens is 439 g/mol. The van der Waals surface area contributed by atoms with E-state index in [1.165, 1.54) is 33.3 Å². The lowest BCUT2D eigenvalue weighted by Crippen LogP contribution is -2.41. The van der Waals surface area contributed by atoms with E-state index in [0.717, 1.165) is 38.7 Å². The standard InChI is InChI=1S/C20H30N4O.HI/c1-13-8-17(19-18(9-13)14(2)15(3)23-19)10-22-20(21-4)24(5)11-16-6-7-25-12-16;/h8-9,16,23H,6-7,10-12H2,1-5H3,(H,21,22);1H. The van der Waals surface area contributed by atoms with Crippen molar-refractivity contribution in [1.29, 1.82) is 0 Å². The summed E-state index contributed by atoms with van der Waals surface area (Å²) in [5.41, 5.74) is 6.38. The molecule has 1 aliphatic rings. The number of ether oxygens (including phenoxy) is 1. The maximum atomic E-state index is 5.48. The summed E-state index contributed by atoms with van der Waals surface area (Å²) in [6.07, 6.45) is 1.14. The number of fused-ring (bicyclic) bond motifs is 1. The van der Waals surface area contributed by atoms with E-state index in [1.807, 2.05) is 7.05 Å². The van der Waals surface area contributed by atoms with Gasteiger partial charge in [0.05, 0.1) is 12.1 Å². The average Bonchev–Trinajstić information content (AvgIpc) is 3.18. The molecule has 3 rings (SSSR count). The summed E-state index contributed by atoms with van der Waals surface area (Å²) < 4.78 is 5.48. The Hall–Kier alpha value is -1.28. The van der Waals surface area contributed by atoms with Crippen LogP contribution in [-0.2, 0) is 11.3 Å². The lowest BCUT2D eigenvalue weighted by molar-refractivity contribution is 0.181. The minimum absolute atomic E-state index is 0. The van der Waals surface area contributed by atoms with Gasteiger partial charge in [-0.15, -0.1) is 24.0 Å². The molecule has 0 bridgehead atoms. The van der Waals surface area contributed by atoms with E-state index in [0.29, 0.717) is 5.92 Å². The lowest BCUT2D eigenvalue weighted by Gasteiger charge is -2.24. The molecule has 0 radical (unpaired) electrons. The molecule has 26 heavy (non-hydrogen) atoms. The number of aromatic nitrogens is 1. The van der Waals surface area contributed by atoms with Crippen LogP contribution in [0, 0.1) is 26.7 Å². The van der Waals surface area contributed by atoms with E-state index >= 15 is 0 Å². The first-order valence-corrected chi connectivity index (χ1v) is 9.07. The van der Waals surface area contributed by atoms with Gasteiger partial charge in [-0.2, -0.15) is 0 Å². The Morgan fingerprint density at radius 2 is 2.12 bits per heavy atom. The van der Waals surface area contributed by atoms with E-state index in [2.05, 4.69) is 60.1 Å². The van der Waals surface area contributed by atoms with E-state index in [-0.39, 0.29) is 24.0 Å². The number of hydrogen-bond acceptors (Lipinski definition) is 2. The number of hydrogen-bond donors (Lipinski definition) is 2. The second-order valence-electron chi connectivity index (χ2n) is 7.23. The maximum Gasteiger partial charge on any atom is 0.193 e. The van der Waals surface area contributed by atoms with Crippen LogP contribution in [0.3, 0.4) is 0 Å². The molecule has 1 aliphatic heterocycles. The zero-order chi connectivity index (χ0) is 18.0. The molecule has 144 valence electrons. The fourth-order valence-corrected chi connectivity index (χ4v) is 3.69. The SMILES string of the molecule is CN=C(NCc1cc(C)cc2c(C)c(C)[nH]c12)N(C)CC1CCOC1.I. The first-order valence-electron chi connectivity index (χ1n) is 9.07. The molecule has 1 aromatic carbocycles. The molecule has 1 unspecified atom stereocenters. The summed E-state index contributed by atoms with van der Waals surface area (Å²) in [5, 5.41) is 4.84. The van der Waals surface area contributed by atoms with Gasteiger partial charge in [-0.25, -0.2) is 0 Å². The van der Waals surface area contributed by atoms with Crippen LogP contribution >= 0.6 is 24.0 Å². The highest BCUT2D eigenvalue weighted by molar-refractivity contribution is 14.0. The van der Waals surface area contributed by atoms with Crippen molar-refractivity contribution in [2.24, 2.45) is 10.9 Å². The van der Waals surface area contributed by atoms with Gasteiger partial charge in [0, 0.05) is 50.8 Å². The van der Waals surface area contributed by atoms with Crippen LogP contribution in [0.25, 0.3) is 10.9 Å². The summed E-state index contributed by atoms with van der Waals surface area (Å²) in [5.74, 6) is 1.53. The molecule has 0 aliphatic carbocycles. The Morgan fingerprint density at radius 1 is 1.35 bits per heavy atom. The van der Waals surface area contributed by atoms with Crippen molar-refractivity contribution in [3.63, 3.8) is 0 Å². The number of H-pyrrole nitrogens is 1. The Kier molecular flexibility index (Phi) is 7.34. The molecule has 1 saturated heterocycles. The molecule has 0 spiro atoms. The number of aliphatic imine (C=N–C) groups is 1. The maximum absolute atomic E-state index is 5.48. The molecule has 6 heteroatoms. The van der Waals surface area contributed by atoms with Crippen LogP contribution in [0.15, 0.2) is 17.1 Å². The fourth-order valence-electron chi connectivity index (χ4n) is 3.69. The normalized spacial score (nSPS) is 17.4. The van der Waals surface area contributed by atoms with Gasteiger partial charge in [0.1, 0.15) is 0 Å². The summed E-state index contributed by atoms with van der Waals surface area (Å²) in [6, 6.07) is 4.52. The zero-order valence-corrected chi connectivity index (χ0v) is 18.8. The molecule has 2 N–H and O–H groups in total. The van der Waals surface area contributed by atoms with Crippen LogP contribution in [0.4, 0.5) is 0 Å². The zero-order valence-electron chi connectivity index (χ0n) is 16.5. The van der Waals surface area contributed by atoms with Crippen molar-refractivity contribution in [1.82, 2.24) is 15.2 Å². The summed E-state index contributed by atoms with van der Waals surface area (Å²) in [7, 11) is 3.95. The van der Waals surface area contributed by atoms with Crippen LogP contribution in [-0.4, -0.2) is 49.7 Å². The number of nitrogens with zero attached hydrogens (tertiary/aromatic N) is 2. The van der Waals surface area contributed by atoms with Gasteiger partial charge in [-0.05, 0) is 44.4 Å². The van der Waals surface area contributed by atoms with Crippen molar-refractivity contribution in [2.45, 2.75) is 33.7 Å².